The number of benzene rings is 1. The van der Waals surface area contributed by atoms with E-state index in [1.807, 2.05) is 18.7 Å². The molecule has 1 aromatic rings. The molecule has 24 heavy (non-hydrogen) atoms. The third-order valence-electron chi connectivity index (χ3n) is 5.47. The maximum Gasteiger partial charge on any atom is 0.254 e. The van der Waals surface area contributed by atoms with Crippen LogP contribution in [0.15, 0.2) is 30.3 Å². The van der Waals surface area contributed by atoms with Crippen molar-refractivity contribution in [3.63, 3.8) is 0 Å². The van der Waals surface area contributed by atoms with Gasteiger partial charge in [0, 0.05) is 25.7 Å². The number of ether oxygens (including phenoxy) is 1. The monoisotopic (exact) mass is 330 g/mol. The second-order valence-electron chi connectivity index (χ2n) is 7.76. The lowest BCUT2D eigenvalue weighted by Crippen LogP contribution is -2.64. The Labute approximate surface area is 145 Å². The quantitative estimate of drug-likeness (QED) is 0.922. The first-order valence-corrected chi connectivity index (χ1v) is 9.21. The fraction of sp³-hybridized carbons (Fsp3) is 0.650. The molecule has 0 bridgehead atoms. The highest BCUT2D eigenvalue weighted by Gasteiger charge is 2.50. The van der Waals surface area contributed by atoms with E-state index in [1.165, 1.54) is 5.56 Å². The third kappa shape index (κ3) is 3.65. The van der Waals surface area contributed by atoms with E-state index in [0.717, 1.165) is 45.3 Å². The molecule has 0 aromatic heterocycles. The van der Waals surface area contributed by atoms with Crippen LogP contribution < -0.4 is 5.32 Å². The smallest absolute Gasteiger partial charge is 0.254 e. The Bertz CT molecular complexity index is 562. The summed E-state index contributed by atoms with van der Waals surface area (Å²) in [5.74, 6) is 0.125. The minimum absolute atomic E-state index is 0.125. The summed E-state index contributed by atoms with van der Waals surface area (Å²) in [7, 11) is 0. The van der Waals surface area contributed by atoms with Gasteiger partial charge in [-0.15, -0.1) is 0 Å². The van der Waals surface area contributed by atoms with E-state index in [4.69, 9.17) is 4.74 Å². The van der Waals surface area contributed by atoms with Gasteiger partial charge in [-0.25, -0.2) is 0 Å². The zero-order valence-corrected chi connectivity index (χ0v) is 15.2. The van der Waals surface area contributed by atoms with Crippen molar-refractivity contribution in [2.75, 3.05) is 13.1 Å². The molecule has 1 amide bonds. The lowest BCUT2D eigenvalue weighted by atomic mass is 9.79. The van der Waals surface area contributed by atoms with Gasteiger partial charge in [-0.05, 0) is 52.0 Å². The number of hydrogen-bond acceptors (Lipinski definition) is 3. The van der Waals surface area contributed by atoms with Gasteiger partial charge in [0.25, 0.3) is 5.91 Å². The fourth-order valence-corrected chi connectivity index (χ4v) is 4.14. The van der Waals surface area contributed by atoms with Gasteiger partial charge in [-0.1, -0.05) is 30.3 Å². The first-order valence-electron chi connectivity index (χ1n) is 9.21. The molecule has 4 heteroatoms. The Morgan fingerprint density at radius 3 is 2.50 bits per heavy atom. The standard InChI is InChI=1S/C20H30N2O2/c1-4-22-15-20(24-19(2,3)18(22)23)12-10-17(11-13-20)21-14-16-8-6-5-7-9-16/h5-9,17,21H,4,10-15H2,1-3H3/t17-,20+. The summed E-state index contributed by atoms with van der Waals surface area (Å²) in [5, 5.41) is 3.68. The molecule has 1 aromatic carbocycles. The second kappa shape index (κ2) is 6.85. The molecule has 1 aliphatic carbocycles. The molecule has 1 saturated carbocycles. The minimum Gasteiger partial charge on any atom is -0.357 e. The third-order valence-corrected chi connectivity index (χ3v) is 5.47. The van der Waals surface area contributed by atoms with E-state index in [2.05, 4.69) is 42.6 Å². The summed E-state index contributed by atoms with van der Waals surface area (Å²) < 4.78 is 6.34. The highest BCUT2D eigenvalue weighted by Crippen LogP contribution is 2.40. The van der Waals surface area contributed by atoms with Gasteiger partial charge >= 0.3 is 0 Å². The van der Waals surface area contributed by atoms with Crippen molar-refractivity contribution in [1.29, 1.82) is 0 Å². The molecule has 1 heterocycles. The van der Waals surface area contributed by atoms with Crippen LogP contribution in [0.3, 0.4) is 0 Å². The summed E-state index contributed by atoms with van der Waals surface area (Å²) >= 11 is 0. The van der Waals surface area contributed by atoms with Gasteiger partial charge in [-0.3, -0.25) is 4.79 Å². The molecule has 3 rings (SSSR count). The Morgan fingerprint density at radius 1 is 1.21 bits per heavy atom. The summed E-state index contributed by atoms with van der Waals surface area (Å²) in [6.45, 7) is 8.32. The van der Waals surface area contributed by atoms with Gasteiger partial charge in [0.05, 0.1) is 5.60 Å². The van der Waals surface area contributed by atoms with Crippen molar-refractivity contribution in [3.8, 4) is 0 Å². The van der Waals surface area contributed by atoms with Crippen molar-refractivity contribution in [2.45, 2.75) is 70.2 Å². The van der Waals surface area contributed by atoms with Crippen LogP contribution in [0.2, 0.25) is 0 Å². The predicted octanol–water partition coefficient (Wildman–Crippen LogP) is 3.11. The molecule has 0 atom stereocenters. The molecular formula is C20H30N2O2. The largest absolute Gasteiger partial charge is 0.357 e. The number of hydrogen-bond donors (Lipinski definition) is 1. The first kappa shape index (κ1) is 17.4. The van der Waals surface area contributed by atoms with Gasteiger partial charge in [-0.2, -0.15) is 0 Å². The van der Waals surface area contributed by atoms with Crippen LogP contribution in [0.5, 0.6) is 0 Å². The Morgan fingerprint density at radius 2 is 1.88 bits per heavy atom. The minimum atomic E-state index is -0.696. The van der Waals surface area contributed by atoms with Crippen molar-refractivity contribution in [3.05, 3.63) is 35.9 Å². The van der Waals surface area contributed by atoms with E-state index in [1.54, 1.807) is 0 Å². The van der Waals surface area contributed by atoms with Crippen LogP contribution in [0.4, 0.5) is 0 Å². The maximum atomic E-state index is 12.4. The molecule has 0 unspecified atom stereocenters. The molecule has 2 fully saturated rings. The zero-order valence-electron chi connectivity index (χ0n) is 15.2. The van der Waals surface area contributed by atoms with Crippen molar-refractivity contribution in [1.82, 2.24) is 10.2 Å². The number of rotatable bonds is 4. The van der Waals surface area contributed by atoms with Gasteiger partial charge in [0.1, 0.15) is 5.60 Å². The van der Waals surface area contributed by atoms with Crippen molar-refractivity contribution >= 4 is 5.91 Å². The summed E-state index contributed by atoms with van der Waals surface area (Å²) in [6.07, 6.45) is 4.25. The van der Waals surface area contributed by atoms with Gasteiger partial charge < -0.3 is 15.0 Å². The van der Waals surface area contributed by atoms with Crippen molar-refractivity contribution < 1.29 is 9.53 Å². The summed E-state index contributed by atoms with van der Waals surface area (Å²) in [5.41, 5.74) is 0.479. The Balaban J connectivity index is 1.57. The van der Waals surface area contributed by atoms with E-state index in [-0.39, 0.29) is 11.5 Å². The van der Waals surface area contributed by atoms with Gasteiger partial charge in [0.15, 0.2) is 0 Å². The number of carbonyl (C=O) groups excluding carboxylic acids is 1. The topological polar surface area (TPSA) is 41.6 Å². The normalized spacial score (nSPS) is 29.9. The van der Waals surface area contributed by atoms with Crippen LogP contribution in [-0.2, 0) is 16.1 Å². The molecule has 1 N–H and O–H groups in total. The van der Waals surface area contributed by atoms with E-state index in [0.29, 0.717) is 6.04 Å². The average Bonchev–Trinajstić information content (AvgIpc) is 2.58. The van der Waals surface area contributed by atoms with E-state index in [9.17, 15) is 4.79 Å². The predicted molar refractivity (Wildman–Crippen MR) is 95.7 cm³/mol. The van der Waals surface area contributed by atoms with E-state index >= 15 is 0 Å². The Hall–Kier alpha value is -1.39. The average molecular weight is 330 g/mol. The highest BCUT2D eigenvalue weighted by atomic mass is 16.5. The Kier molecular flexibility index (Phi) is 4.97. The number of likely N-dealkylation sites (N-methyl/N-ethyl adjacent to an activating group) is 1. The highest BCUT2D eigenvalue weighted by molar-refractivity contribution is 5.85. The lowest BCUT2D eigenvalue weighted by molar-refractivity contribution is -0.214. The van der Waals surface area contributed by atoms with Crippen LogP contribution >= 0.6 is 0 Å². The SMILES string of the molecule is CCN1C[C@]2(CC[C@H](NCc3ccccc3)CC2)OC(C)(C)C1=O. The number of nitrogens with zero attached hydrogens (tertiary/aromatic N) is 1. The molecule has 4 nitrogen and oxygen atoms in total. The second-order valence-corrected chi connectivity index (χ2v) is 7.76. The summed E-state index contributed by atoms with van der Waals surface area (Å²) in [4.78, 5) is 14.4. The van der Waals surface area contributed by atoms with Crippen LogP contribution in [-0.4, -0.2) is 41.1 Å². The molecular weight excluding hydrogens is 300 g/mol. The molecule has 1 spiro atoms. The lowest BCUT2D eigenvalue weighted by Gasteiger charge is -2.51. The van der Waals surface area contributed by atoms with Gasteiger partial charge in [0.2, 0.25) is 0 Å². The molecule has 2 aliphatic rings. The van der Waals surface area contributed by atoms with Crippen LogP contribution in [0, 0.1) is 0 Å². The van der Waals surface area contributed by atoms with Crippen LogP contribution in [0.25, 0.3) is 0 Å². The summed E-state index contributed by atoms with van der Waals surface area (Å²) in [6, 6.07) is 11.1. The number of nitrogens with one attached hydrogen (secondary N) is 1. The fourth-order valence-electron chi connectivity index (χ4n) is 4.14. The number of morpholine rings is 1. The molecule has 1 saturated heterocycles. The van der Waals surface area contributed by atoms with E-state index < -0.39 is 5.60 Å². The molecule has 1 aliphatic heterocycles. The maximum absolute atomic E-state index is 12.4. The first-order chi connectivity index (χ1) is 11.4. The number of amides is 1. The zero-order chi connectivity index (χ0) is 17.2. The molecule has 0 radical (unpaired) electrons. The molecule has 132 valence electrons. The van der Waals surface area contributed by atoms with Crippen LogP contribution in [0.1, 0.15) is 52.0 Å². The number of carbonyl (C=O) groups is 1. The van der Waals surface area contributed by atoms with Crippen molar-refractivity contribution in [2.24, 2.45) is 0 Å².